The van der Waals surface area contributed by atoms with Crippen LogP contribution in [-0.4, -0.2) is 13.7 Å². The van der Waals surface area contributed by atoms with Crippen molar-refractivity contribution in [3.05, 3.63) is 199 Å². The molecule has 0 fully saturated rings. The van der Waals surface area contributed by atoms with Gasteiger partial charge in [0, 0.05) is 74.4 Å². The number of benzene rings is 9. The molecule has 9 aromatic carbocycles. The van der Waals surface area contributed by atoms with Crippen molar-refractivity contribution in [3.8, 4) is 28.2 Å². The van der Waals surface area contributed by atoms with Crippen LogP contribution in [0.1, 0.15) is 25.0 Å². The maximum absolute atomic E-state index is 2.56. The lowest BCUT2D eigenvalue weighted by Gasteiger charge is -2.25. The maximum atomic E-state index is 2.56. The average Bonchev–Trinajstić information content (AvgIpc) is 4.00. The summed E-state index contributed by atoms with van der Waals surface area (Å²) in [6.07, 6.45) is 0. The van der Waals surface area contributed by atoms with Crippen LogP contribution < -0.4 is 0 Å². The fourth-order valence-electron chi connectivity index (χ4n) is 11.0. The molecule has 4 heterocycles. The van der Waals surface area contributed by atoms with Crippen molar-refractivity contribution >= 4 is 88.9 Å². The zero-order chi connectivity index (χ0) is 40.8. The molecule has 3 aromatic heterocycles. The first kappa shape index (κ1) is 34.8. The molecule has 3 nitrogen and oxygen atoms in total. The standard InChI is InChI=1S/C57H37N3S2/c1-57(2)45-33-54-53(61-51-22-12-13-23-52(51)62-54)32-42(45)40-26-27-41-37-16-6-11-21-48(37)60(56(41)55(40)57)36-25-29-50-44(31-36)39-18-8-10-20-47(39)59(50)35-24-28-49-43(30-35)38-17-7-9-19-46(38)58(49)34-14-4-3-5-15-34/h3-33H,1-2H3. The van der Waals surface area contributed by atoms with Crippen molar-refractivity contribution in [2.75, 3.05) is 0 Å². The quantitative estimate of drug-likeness (QED) is 0.176. The van der Waals surface area contributed by atoms with Gasteiger partial charge in [0.1, 0.15) is 0 Å². The number of nitrogens with zero attached hydrogens (tertiary/aromatic N) is 3. The van der Waals surface area contributed by atoms with E-state index >= 15 is 0 Å². The van der Waals surface area contributed by atoms with E-state index in [1.54, 1.807) is 0 Å². The van der Waals surface area contributed by atoms with Gasteiger partial charge >= 0.3 is 0 Å². The van der Waals surface area contributed by atoms with E-state index < -0.39 is 0 Å². The summed E-state index contributed by atoms with van der Waals surface area (Å²) < 4.78 is 7.41. The summed E-state index contributed by atoms with van der Waals surface area (Å²) in [6.45, 7) is 4.87. The molecule has 0 amide bonds. The van der Waals surface area contributed by atoms with Crippen LogP contribution in [0.5, 0.6) is 0 Å². The summed E-state index contributed by atoms with van der Waals surface area (Å²) in [7, 11) is 0. The predicted molar refractivity (Wildman–Crippen MR) is 262 cm³/mol. The van der Waals surface area contributed by atoms with Crippen LogP contribution in [0.25, 0.3) is 93.6 Å². The molecule has 12 aromatic rings. The Kier molecular flexibility index (Phi) is 7.05. The van der Waals surface area contributed by atoms with Gasteiger partial charge in [-0.25, -0.2) is 0 Å². The van der Waals surface area contributed by atoms with Gasteiger partial charge in [-0.3, -0.25) is 0 Å². The minimum atomic E-state index is -0.212. The molecule has 292 valence electrons. The Labute approximate surface area is 366 Å². The second kappa shape index (κ2) is 12.6. The van der Waals surface area contributed by atoms with Gasteiger partial charge in [-0.05, 0) is 113 Å². The maximum Gasteiger partial charge on any atom is 0.0588 e. The molecule has 0 radical (unpaired) electrons. The van der Waals surface area contributed by atoms with Crippen LogP contribution in [-0.2, 0) is 5.41 Å². The predicted octanol–water partition coefficient (Wildman–Crippen LogP) is 15.9. The third-order valence-electron chi connectivity index (χ3n) is 13.6. The van der Waals surface area contributed by atoms with Crippen molar-refractivity contribution in [2.24, 2.45) is 0 Å². The summed E-state index contributed by atoms with van der Waals surface area (Å²) >= 11 is 3.81. The first-order chi connectivity index (χ1) is 30.5. The van der Waals surface area contributed by atoms with Gasteiger partial charge in [-0.1, -0.05) is 134 Å². The van der Waals surface area contributed by atoms with Gasteiger partial charge in [0.25, 0.3) is 0 Å². The molecule has 1 aliphatic heterocycles. The normalized spacial score (nSPS) is 14.0. The number of hydrogen-bond donors (Lipinski definition) is 0. The number of para-hydroxylation sites is 4. The summed E-state index contributed by atoms with van der Waals surface area (Å²) in [5, 5.41) is 7.57. The molecule has 0 N–H and O–H groups in total. The lowest BCUT2D eigenvalue weighted by molar-refractivity contribution is 0.661. The Bertz CT molecular complexity index is 3900. The number of rotatable bonds is 3. The second-order valence-corrected chi connectivity index (χ2v) is 19.5. The van der Waals surface area contributed by atoms with Gasteiger partial charge in [0.15, 0.2) is 0 Å². The minimum Gasteiger partial charge on any atom is -0.309 e. The molecular formula is C57H37N3S2. The van der Waals surface area contributed by atoms with Crippen LogP contribution in [0.4, 0.5) is 0 Å². The van der Waals surface area contributed by atoms with Gasteiger partial charge < -0.3 is 13.7 Å². The van der Waals surface area contributed by atoms with E-state index in [9.17, 15) is 0 Å². The second-order valence-electron chi connectivity index (χ2n) is 17.3. The molecule has 2 aliphatic rings. The Morgan fingerprint density at radius 1 is 0.339 bits per heavy atom. The lowest BCUT2D eigenvalue weighted by atomic mass is 9.81. The summed E-state index contributed by atoms with van der Waals surface area (Å²) in [4.78, 5) is 5.38. The highest BCUT2D eigenvalue weighted by Crippen LogP contribution is 2.58. The molecule has 0 bridgehead atoms. The lowest BCUT2D eigenvalue weighted by Crippen LogP contribution is -2.17. The largest absolute Gasteiger partial charge is 0.309 e. The molecule has 1 aliphatic carbocycles. The smallest absolute Gasteiger partial charge is 0.0588 e. The first-order valence-corrected chi connectivity index (χ1v) is 23.0. The number of fused-ring (bicyclic) bond motifs is 15. The van der Waals surface area contributed by atoms with Crippen LogP contribution in [0.15, 0.2) is 208 Å². The van der Waals surface area contributed by atoms with E-state index in [1.807, 2.05) is 23.5 Å². The molecule has 5 heteroatoms. The van der Waals surface area contributed by atoms with Crippen LogP contribution in [0, 0.1) is 0 Å². The van der Waals surface area contributed by atoms with E-state index in [4.69, 9.17) is 0 Å². The van der Waals surface area contributed by atoms with Crippen LogP contribution >= 0.6 is 23.5 Å². The topological polar surface area (TPSA) is 14.8 Å². The summed E-state index contributed by atoms with van der Waals surface area (Å²) in [5.74, 6) is 0. The summed E-state index contributed by atoms with van der Waals surface area (Å²) in [6, 6.07) is 70.1. The van der Waals surface area contributed by atoms with Gasteiger partial charge in [-0.15, -0.1) is 0 Å². The van der Waals surface area contributed by atoms with Crippen LogP contribution in [0.3, 0.4) is 0 Å². The Morgan fingerprint density at radius 2 is 0.823 bits per heavy atom. The molecule has 0 saturated carbocycles. The summed E-state index contributed by atoms with van der Waals surface area (Å²) in [5.41, 5.74) is 16.1. The molecule has 14 rings (SSSR count). The SMILES string of the molecule is CC1(C)c2cc3c(cc2-c2ccc4c5ccccc5n(-c5ccc6c(c5)c5ccccc5n6-c5ccc6c(c5)c5ccccc5n6-c5ccccc5)c4c21)Sc1ccccc1S3. The first-order valence-electron chi connectivity index (χ1n) is 21.3. The number of aromatic nitrogens is 3. The van der Waals surface area contributed by atoms with Crippen molar-refractivity contribution in [1.29, 1.82) is 0 Å². The highest BCUT2D eigenvalue weighted by atomic mass is 32.2. The minimum absolute atomic E-state index is 0.212. The highest BCUT2D eigenvalue weighted by molar-refractivity contribution is 8.05. The van der Waals surface area contributed by atoms with Gasteiger partial charge in [-0.2, -0.15) is 0 Å². The van der Waals surface area contributed by atoms with Crippen molar-refractivity contribution < 1.29 is 0 Å². The van der Waals surface area contributed by atoms with Crippen LogP contribution in [0.2, 0.25) is 0 Å². The average molecular weight is 828 g/mol. The third kappa shape index (κ3) is 4.64. The zero-order valence-electron chi connectivity index (χ0n) is 34.1. The number of hydrogen-bond acceptors (Lipinski definition) is 2. The van der Waals surface area contributed by atoms with E-state index in [1.165, 1.54) is 119 Å². The fourth-order valence-corrected chi connectivity index (χ4v) is 13.2. The van der Waals surface area contributed by atoms with Gasteiger partial charge in [0.2, 0.25) is 0 Å². The highest BCUT2D eigenvalue weighted by Gasteiger charge is 2.40. The molecule has 0 atom stereocenters. The van der Waals surface area contributed by atoms with E-state index in [0.717, 1.165) is 5.69 Å². The van der Waals surface area contributed by atoms with Crippen molar-refractivity contribution in [3.63, 3.8) is 0 Å². The Hall–Kier alpha value is -6.92. The van der Waals surface area contributed by atoms with Gasteiger partial charge in [0.05, 0.1) is 33.1 Å². The van der Waals surface area contributed by atoms with Crippen molar-refractivity contribution in [1.82, 2.24) is 13.7 Å². The Morgan fingerprint density at radius 3 is 1.45 bits per heavy atom. The van der Waals surface area contributed by atoms with E-state index in [-0.39, 0.29) is 5.41 Å². The van der Waals surface area contributed by atoms with E-state index in [2.05, 4.69) is 216 Å². The monoisotopic (exact) mass is 827 g/mol. The van der Waals surface area contributed by atoms with Crippen molar-refractivity contribution in [2.45, 2.75) is 38.8 Å². The third-order valence-corrected chi connectivity index (χ3v) is 16.2. The molecule has 0 saturated heterocycles. The molecular weight excluding hydrogens is 791 g/mol. The molecule has 0 unspecified atom stereocenters. The fraction of sp³-hybridized carbons (Fsp3) is 0.0526. The molecule has 62 heavy (non-hydrogen) atoms. The Balaban J connectivity index is 0.986. The van der Waals surface area contributed by atoms with E-state index in [0.29, 0.717) is 0 Å². The zero-order valence-corrected chi connectivity index (χ0v) is 35.7. The molecule has 0 spiro atoms.